The van der Waals surface area contributed by atoms with E-state index in [1.165, 1.54) is 25.0 Å². The van der Waals surface area contributed by atoms with Crippen LogP contribution in [0.1, 0.15) is 58.1 Å². The average Bonchev–Trinajstić information content (AvgIpc) is 2.70. The number of hydrogen-bond acceptors (Lipinski definition) is 2. The largest absolute Gasteiger partial charge is 0.330 e. The Balaban J connectivity index is 2.33. The van der Waals surface area contributed by atoms with Gasteiger partial charge in [-0.25, -0.2) is 0 Å². The quantitative estimate of drug-likeness (QED) is 0.910. The van der Waals surface area contributed by atoms with E-state index < -0.39 is 0 Å². The van der Waals surface area contributed by atoms with Crippen LogP contribution in [0.5, 0.6) is 0 Å². The third-order valence-electron chi connectivity index (χ3n) is 4.46. The predicted octanol–water partition coefficient (Wildman–Crippen LogP) is 3.92. The molecule has 19 heavy (non-hydrogen) atoms. The molecular formula is C15H26BrN3. The molecule has 1 aliphatic carbocycles. The summed E-state index contributed by atoms with van der Waals surface area (Å²) in [5, 5.41) is 4.53. The van der Waals surface area contributed by atoms with Gasteiger partial charge < -0.3 is 5.73 Å². The maximum absolute atomic E-state index is 6.02. The van der Waals surface area contributed by atoms with Crippen LogP contribution in [0, 0.1) is 11.3 Å². The summed E-state index contributed by atoms with van der Waals surface area (Å²) < 4.78 is 3.33. The average molecular weight is 328 g/mol. The Hall–Kier alpha value is -0.350. The fourth-order valence-electron chi connectivity index (χ4n) is 3.37. The smallest absolute Gasteiger partial charge is 0.0635 e. The molecule has 3 nitrogen and oxygen atoms in total. The molecule has 4 heteroatoms. The first-order valence-electron chi connectivity index (χ1n) is 7.39. The molecule has 1 aromatic heterocycles. The Kier molecular flexibility index (Phi) is 4.72. The number of nitrogens with two attached hydrogens (primary N) is 1. The summed E-state index contributed by atoms with van der Waals surface area (Å²) in [5.74, 6) is 1.13. The molecule has 0 aliphatic heterocycles. The van der Waals surface area contributed by atoms with E-state index in [4.69, 9.17) is 5.73 Å². The predicted molar refractivity (Wildman–Crippen MR) is 83.1 cm³/mol. The van der Waals surface area contributed by atoms with Gasteiger partial charge in [0.2, 0.25) is 0 Å². The summed E-state index contributed by atoms with van der Waals surface area (Å²) in [7, 11) is 0. The van der Waals surface area contributed by atoms with Crippen LogP contribution in [0.3, 0.4) is 0 Å². The first-order chi connectivity index (χ1) is 8.98. The normalized spacial score (nSPS) is 26.6. The summed E-state index contributed by atoms with van der Waals surface area (Å²) >= 11 is 3.69. The van der Waals surface area contributed by atoms with E-state index in [1.54, 1.807) is 0 Å². The second-order valence-electron chi connectivity index (χ2n) is 6.61. The summed E-state index contributed by atoms with van der Waals surface area (Å²) in [6, 6.07) is 0. The van der Waals surface area contributed by atoms with E-state index in [1.807, 2.05) is 6.20 Å². The van der Waals surface area contributed by atoms with Crippen molar-refractivity contribution in [2.75, 3.05) is 6.54 Å². The monoisotopic (exact) mass is 327 g/mol. The molecule has 1 fully saturated rings. The van der Waals surface area contributed by atoms with Crippen LogP contribution in [0.15, 0.2) is 10.7 Å². The Labute approximate surface area is 125 Å². The van der Waals surface area contributed by atoms with Gasteiger partial charge in [0.05, 0.1) is 16.4 Å². The van der Waals surface area contributed by atoms with Gasteiger partial charge in [-0.05, 0) is 59.5 Å². The molecule has 0 radical (unpaired) electrons. The van der Waals surface area contributed by atoms with Crippen molar-refractivity contribution in [3.63, 3.8) is 0 Å². The van der Waals surface area contributed by atoms with Gasteiger partial charge in [0.25, 0.3) is 0 Å². The Bertz CT molecular complexity index is 425. The minimum Gasteiger partial charge on any atom is -0.330 e. The molecule has 2 atom stereocenters. The molecular weight excluding hydrogens is 302 g/mol. The van der Waals surface area contributed by atoms with Crippen LogP contribution in [-0.2, 0) is 6.54 Å². The fourth-order valence-corrected chi connectivity index (χ4v) is 3.96. The van der Waals surface area contributed by atoms with E-state index in [9.17, 15) is 0 Å². The van der Waals surface area contributed by atoms with E-state index in [0.29, 0.717) is 17.3 Å². The molecule has 2 N–H and O–H groups in total. The van der Waals surface area contributed by atoms with Gasteiger partial charge in [0.1, 0.15) is 0 Å². The van der Waals surface area contributed by atoms with Gasteiger partial charge in [0.15, 0.2) is 0 Å². The molecule has 0 aromatic carbocycles. The molecule has 2 unspecified atom stereocenters. The lowest BCUT2D eigenvalue weighted by Gasteiger charge is -2.40. The molecule has 0 spiro atoms. The van der Waals surface area contributed by atoms with E-state index in [-0.39, 0.29) is 0 Å². The molecule has 1 aromatic rings. The topological polar surface area (TPSA) is 43.8 Å². The molecule has 0 saturated heterocycles. The van der Waals surface area contributed by atoms with Gasteiger partial charge in [-0.3, -0.25) is 4.68 Å². The summed E-state index contributed by atoms with van der Waals surface area (Å²) in [5.41, 5.74) is 7.80. The van der Waals surface area contributed by atoms with Crippen molar-refractivity contribution >= 4 is 15.9 Å². The number of aromatic nitrogens is 2. The molecule has 2 rings (SSSR count). The highest BCUT2D eigenvalue weighted by molar-refractivity contribution is 9.10. The second kappa shape index (κ2) is 5.96. The Morgan fingerprint density at radius 2 is 2.26 bits per heavy atom. The van der Waals surface area contributed by atoms with Crippen molar-refractivity contribution in [3.8, 4) is 0 Å². The SMILES string of the molecule is CCCn1ncc(Br)c1C1CC(C)(C)CCC1CN. The number of aryl methyl sites for hydroxylation is 1. The fraction of sp³-hybridized carbons (Fsp3) is 0.800. The zero-order chi connectivity index (χ0) is 14.0. The van der Waals surface area contributed by atoms with Crippen molar-refractivity contribution in [2.45, 2.75) is 58.9 Å². The third-order valence-corrected chi connectivity index (χ3v) is 5.07. The highest BCUT2D eigenvalue weighted by Gasteiger charge is 2.37. The van der Waals surface area contributed by atoms with Crippen LogP contribution in [-0.4, -0.2) is 16.3 Å². The Morgan fingerprint density at radius 1 is 1.53 bits per heavy atom. The summed E-state index contributed by atoms with van der Waals surface area (Å²) in [6.45, 7) is 8.73. The lowest BCUT2D eigenvalue weighted by atomic mass is 9.66. The second-order valence-corrected chi connectivity index (χ2v) is 7.46. The van der Waals surface area contributed by atoms with Crippen LogP contribution in [0.4, 0.5) is 0 Å². The van der Waals surface area contributed by atoms with Gasteiger partial charge in [-0.2, -0.15) is 5.10 Å². The number of halogens is 1. The lowest BCUT2D eigenvalue weighted by molar-refractivity contribution is 0.159. The zero-order valence-electron chi connectivity index (χ0n) is 12.3. The number of rotatable bonds is 4. The molecule has 108 valence electrons. The van der Waals surface area contributed by atoms with E-state index >= 15 is 0 Å². The molecule has 1 aliphatic rings. The van der Waals surface area contributed by atoms with Crippen molar-refractivity contribution in [3.05, 3.63) is 16.4 Å². The van der Waals surface area contributed by atoms with Crippen LogP contribution >= 0.6 is 15.9 Å². The van der Waals surface area contributed by atoms with Crippen LogP contribution < -0.4 is 5.73 Å². The first-order valence-corrected chi connectivity index (χ1v) is 8.19. The molecule has 0 amide bonds. The standard InChI is InChI=1S/C15H26BrN3/c1-4-7-19-14(13(16)10-18-19)12-8-15(2,3)6-5-11(12)9-17/h10-12H,4-9,17H2,1-3H3. The van der Waals surface area contributed by atoms with Crippen molar-refractivity contribution < 1.29 is 0 Å². The van der Waals surface area contributed by atoms with E-state index in [0.717, 1.165) is 24.0 Å². The number of hydrogen-bond donors (Lipinski definition) is 1. The minimum absolute atomic E-state index is 0.414. The maximum Gasteiger partial charge on any atom is 0.0635 e. The van der Waals surface area contributed by atoms with Crippen LogP contribution in [0.2, 0.25) is 0 Å². The van der Waals surface area contributed by atoms with Gasteiger partial charge in [0, 0.05) is 12.5 Å². The van der Waals surface area contributed by atoms with Crippen molar-refractivity contribution in [2.24, 2.45) is 17.1 Å². The zero-order valence-corrected chi connectivity index (χ0v) is 13.9. The van der Waals surface area contributed by atoms with Gasteiger partial charge in [-0.15, -0.1) is 0 Å². The van der Waals surface area contributed by atoms with Crippen molar-refractivity contribution in [1.82, 2.24) is 9.78 Å². The molecule has 1 heterocycles. The first kappa shape index (κ1) is 15.0. The summed E-state index contributed by atoms with van der Waals surface area (Å²) in [4.78, 5) is 0. The van der Waals surface area contributed by atoms with Gasteiger partial charge in [-0.1, -0.05) is 20.8 Å². The minimum atomic E-state index is 0.414. The third kappa shape index (κ3) is 3.22. The van der Waals surface area contributed by atoms with Crippen molar-refractivity contribution in [1.29, 1.82) is 0 Å². The lowest BCUT2D eigenvalue weighted by Crippen LogP contribution is -2.34. The van der Waals surface area contributed by atoms with Crippen LogP contribution in [0.25, 0.3) is 0 Å². The highest BCUT2D eigenvalue weighted by Crippen LogP contribution is 2.47. The Morgan fingerprint density at radius 3 is 2.89 bits per heavy atom. The highest BCUT2D eigenvalue weighted by atomic mass is 79.9. The molecule has 1 saturated carbocycles. The summed E-state index contributed by atoms with van der Waals surface area (Å²) in [6.07, 6.45) is 6.79. The van der Waals surface area contributed by atoms with E-state index in [2.05, 4.69) is 46.5 Å². The number of nitrogens with zero attached hydrogens (tertiary/aromatic N) is 2. The maximum atomic E-state index is 6.02. The van der Waals surface area contributed by atoms with Gasteiger partial charge >= 0.3 is 0 Å². The molecule has 0 bridgehead atoms.